The van der Waals surface area contributed by atoms with Gasteiger partial charge in [0.05, 0.1) is 4.92 Å². The maximum absolute atomic E-state index is 10.9. The highest BCUT2D eigenvalue weighted by atomic mass is 35.5. The Hall–Kier alpha value is -1.62. The van der Waals surface area contributed by atoms with Gasteiger partial charge in [-0.2, -0.15) is 5.10 Å². The van der Waals surface area contributed by atoms with E-state index < -0.39 is 4.92 Å². The van der Waals surface area contributed by atoms with Gasteiger partial charge in [-0.1, -0.05) is 18.0 Å². The first-order valence-corrected chi connectivity index (χ1v) is 6.30. The summed E-state index contributed by atoms with van der Waals surface area (Å²) in [7, 11) is 0. The summed E-state index contributed by atoms with van der Waals surface area (Å²) in [5.41, 5.74) is 4.16. The molecule has 1 aromatic carbocycles. The van der Waals surface area contributed by atoms with Crippen molar-refractivity contribution >= 4 is 28.7 Å². The highest BCUT2D eigenvalue weighted by Crippen LogP contribution is 2.28. The summed E-state index contributed by atoms with van der Waals surface area (Å²) in [4.78, 5) is 10.4. The molecule has 0 amide bonds. The van der Waals surface area contributed by atoms with E-state index >= 15 is 0 Å². The maximum Gasteiger partial charge on any atom is 0.294 e. The van der Waals surface area contributed by atoms with E-state index in [1.165, 1.54) is 24.6 Å². The molecule has 0 radical (unpaired) electrons. The molecule has 0 atom stereocenters. The van der Waals surface area contributed by atoms with Gasteiger partial charge in [-0.25, -0.2) is 0 Å². The van der Waals surface area contributed by atoms with E-state index in [4.69, 9.17) is 11.6 Å². The Morgan fingerprint density at radius 2 is 2.00 bits per heavy atom. The molecule has 0 bridgehead atoms. The fourth-order valence-corrected chi connectivity index (χ4v) is 2.14. The normalized spacial score (nSPS) is 15.3. The minimum Gasteiger partial charge on any atom is -0.272 e. The predicted octanol–water partition coefficient (Wildman–Crippen LogP) is 3.98. The fraction of sp³-hybridized carbons (Fsp3) is 0.417. The van der Waals surface area contributed by atoms with E-state index in [0.29, 0.717) is 10.7 Å². The van der Waals surface area contributed by atoms with Crippen molar-refractivity contribution < 1.29 is 4.92 Å². The third-order valence-electron chi connectivity index (χ3n) is 2.92. The van der Waals surface area contributed by atoms with Gasteiger partial charge < -0.3 is 0 Å². The first kappa shape index (κ1) is 12.8. The zero-order valence-electron chi connectivity index (χ0n) is 9.86. The maximum atomic E-state index is 10.9. The van der Waals surface area contributed by atoms with Gasteiger partial charge in [0, 0.05) is 16.8 Å². The highest BCUT2D eigenvalue weighted by molar-refractivity contribution is 6.31. The quantitative estimate of drug-likeness (QED) is 0.665. The summed E-state index contributed by atoms with van der Waals surface area (Å²) in [6.07, 6.45) is 5.43. The number of benzene rings is 1. The van der Waals surface area contributed by atoms with Crippen molar-refractivity contribution in [1.29, 1.82) is 0 Å². The number of halogens is 1. The van der Waals surface area contributed by atoms with Crippen molar-refractivity contribution in [3.05, 3.63) is 33.3 Å². The lowest BCUT2D eigenvalue weighted by atomic mass is 9.99. The van der Waals surface area contributed by atoms with E-state index in [-0.39, 0.29) is 5.69 Å². The van der Waals surface area contributed by atoms with Crippen LogP contribution >= 0.6 is 11.6 Å². The van der Waals surface area contributed by atoms with Gasteiger partial charge in [-0.15, -0.1) is 0 Å². The van der Waals surface area contributed by atoms with E-state index in [0.717, 1.165) is 31.4 Å². The second kappa shape index (κ2) is 5.82. The average Bonchev–Trinajstić information content (AvgIpc) is 2.37. The van der Waals surface area contributed by atoms with Crippen LogP contribution in [0.5, 0.6) is 0 Å². The molecule has 96 valence electrons. The molecule has 1 aliphatic carbocycles. The molecule has 2 rings (SSSR count). The number of nitrogens with one attached hydrogen (secondary N) is 1. The summed E-state index contributed by atoms with van der Waals surface area (Å²) < 4.78 is 0. The lowest BCUT2D eigenvalue weighted by molar-refractivity contribution is -0.384. The molecule has 0 spiro atoms. The number of nitro groups is 1. The van der Waals surface area contributed by atoms with Crippen LogP contribution < -0.4 is 5.43 Å². The number of hydrazone groups is 1. The smallest absolute Gasteiger partial charge is 0.272 e. The molecule has 1 saturated carbocycles. The zero-order chi connectivity index (χ0) is 13.0. The highest BCUT2D eigenvalue weighted by Gasteiger charge is 2.14. The molecule has 6 heteroatoms. The Morgan fingerprint density at radius 1 is 1.28 bits per heavy atom. The van der Waals surface area contributed by atoms with Gasteiger partial charge in [0.2, 0.25) is 0 Å². The Bertz CT molecular complexity index is 480. The van der Waals surface area contributed by atoms with Crippen LogP contribution in [0.2, 0.25) is 5.02 Å². The second-order valence-corrected chi connectivity index (χ2v) is 4.71. The summed E-state index contributed by atoms with van der Waals surface area (Å²) >= 11 is 5.83. The molecule has 1 aliphatic rings. The van der Waals surface area contributed by atoms with Gasteiger partial charge in [0.25, 0.3) is 5.69 Å². The SMILES string of the molecule is O=[N+]([O-])c1ccc(Cl)cc1NN=C1CCCCC1. The Balaban J connectivity index is 2.17. The summed E-state index contributed by atoms with van der Waals surface area (Å²) in [6.45, 7) is 0. The number of hydrogen-bond acceptors (Lipinski definition) is 4. The van der Waals surface area contributed by atoms with Crippen LogP contribution in [0.4, 0.5) is 11.4 Å². The van der Waals surface area contributed by atoms with Crippen molar-refractivity contribution in [2.24, 2.45) is 5.10 Å². The van der Waals surface area contributed by atoms with E-state index in [1.54, 1.807) is 0 Å². The molecule has 0 aromatic heterocycles. The topological polar surface area (TPSA) is 67.5 Å². The van der Waals surface area contributed by atoms with Gasteiger partial charge in [-0.3, -0.25) is 15.5 Å². The minimum atomic E-state index is -0.445. The monoisotopic (exact) mass is 267 g/mol. The van der Waals surface area contributed by atoms with Gasteiger partial charge in [0.15, 0.2) is 0 Å². The van der Waals surface area contributed by atoms with Gasteiger partial charge in [0.1, 0.15) is 5.69 Å². The van der Waals surface area contributed by atoms with E-state index in [9.17, 15) is 10.1 Å². The van der Waals surface area contributed by atoms with Crippen molar-refractivity contribution in [3.8, 4) is 0 Å². The third kappa shape index (κ3) is 3.20. The zero-order valence-corrected chi connectivity index (χ0v) is 10.6. The number of rotatable bonds is 3. The summed E-state index contributed by atoms with van der Waals surface area (Å²) in [5.74, 6) is 0. The predicted molar refractivity (Wildman–Crippen MR) is 72.2 cm³/mol. The van der Waals surface area contributed by atoms with Crippen LogP contribution in [-0.4, -0.2) is 10.6 Å². The molecule has 0 aliphatic heterocycles. The number of nitrogens with zero attached hydrogens (tertiary/aromatic N) is 2. The second-order valence-electron chi connectivity index (χ2n) is 4.27. The van der Waals surface area contributed by atoms with Crippen LogP contribution in [0.15, 0.2) is 23.3 Å². The van der Waals surface area contributed by atoms with E-state index in [2.05, 4.69) is 10.5 Å². The number of nitro benzene ring substituents is 1. The molecule has 18 heavy (non-hydrogen) atoms. The molecule has 0 unspecified atom stereocenters. The number of anilines is 1. The van der Waals surface area contributed by atoms with Crippen molar-refractivity contribution in [3.63, 3.8) is 0 Å². The molecular weight excluding hydrogens is 254 g/mol. The molecule has 1 N–H and O–H groups in total. The Morgan fingerprint density at radius 3 is 2.67 bits per heavy atom. The third-order valence-corrected chi connectivity index (χ3v) is 3.16. The summed E-state index contributed by atoms with van der Waals surface area (Å²) in [6, 6.07) is 4.40. The lowest BCUT2D eigenvalue weighted by Gasteiger charge is -2.12. The standard InChI is InChI=1S/C12H14ClN3O2/c13-9-6-7-12(16(17)18)11(8-9)15-14-10-4-2-1-3-5-10/h6-8,15H,1-5H2. The molecule has 0 heterocycles. The van der Waals surface area contributed by atoms with Crippen LogP contribution in [0.25, 0.3) is 0 Å². The van der Waals surface area contributed by atoms with Crippen molar-refractivity contribution in [1.82, 2.24) is 0 Å². The van der Waals surface area contributed by atoms with Crippen LogP contribution in [0.3, 0.4) is 0 Å². The molecule has 0 saturated heterocycles. The van der Waals surface area contributed by atoms with Crippen LogP contribution in [-0.2, 0) is 0 Å². The van der Waals surface area contributed by atoms with E-state index in [1.807, 2.05) is 0 Å². The first-order valence-electron chi connectivity index (χ1n) is 5.92. The van der Waals surface area contributed by atoms with Gasteiger partial charge in [-0.05, 0) is 37.8 Å². The average molecular weight is 268 g/mol. The van der Waals surface area contributed by atoms with Gasteiger partial charge >= 0.3 is 0 Å². The molecular formula is C12H14ClN3O2. The summed E-state index contributed by atoms with van der Waals surface area (Å²) in [5, 5.41) is 15.6. The van der Waals surface area contributed by atoms with Crippen molar-refractivity contribution in [2.45, 2.75) is 32.1 Å². The number of hydrogen-bond donors (Lipinski definition) is 1. The largest absolute Gasteiger partial charge is 0.294 e. The fourth-order valence-electron chi connectivity index (χ4n) is 1.97. The lowest BCUT2D eigenvalue weighted by Crippen LogP contribution is -2.07. The van der Waals surface area contributed by atoms with Crippen molar-refractivity contribution in [2.75, 3.05) is 5.43 Å². The van der Waals surface area contributed by atoms with Crippen LogP contribution in [0, 0.1) is 10.1 Å². The molecule has 1 fully saturated rings. The van der Waals surface area contributed by atoms with Crippen LogP contribution in [0.1, 0.15) is 32.1 Å². The molecule has 5 nitrogen and oxygen atoms in total. The Labute approximate surface area is 110 Å². The minimum absolute atomic E-state index is 0.0143. The first-order chi connectivity index (χ1) is 8.66. The Kier molecular flexibility index (Phi) is 4.15. The molecule has 1 aromatic rings.